The predicted molar refractivity (Wildman–Crippen MR) is 91.0 cm³/mol. The Labute approximate surface area is 143 Å². The van der Waals surface area contributed by atoms with Crippen molar-refractivity contribution in [3.63, 3.8) is 0 Å². The minimum Gasteiger partial charge on any atom is -0.322 e. The molecule has 1 amide bonds. The van der Waals surface area contributed by atoms with Crippen LogP contribution >= 0.6 is 0 Å². The van der Waals surface area contributed by atoms with Crippen LogP contribution in [0.1, 0.15) is 10.4 Å². The van der Waals surface area contributed by atoms with Crippen molar-refractivity contribution in [3.05, 3.63) is 72.6 Å². The lowest BCUT2D eigenvalue weighted by Crippen LogP contribution is -2.12. The second-order valence-corrected chi connectivity index (χ2v) is 7.40. The number of aromatic nitrogens is 2. The molecule has 8 heteroatoms. The van der Waals surface area contributed by atoms with Crippen molar-refractivity contribution in [1.82, 2.24) is 9.55 Å². The van der Waals surface area contributed by atoms with Crippen LogP contribution in [0.5, 0.6) is 0 Å². The first kappa shape index (κ1) is 16.8. The quantitative estimate of drug-likeness (QED) is 0.776. The molecule has 0 saturated carbocycles. The fourth-order valence-electron chi connectivity index (χ4n) is 2.25. The lowest BCUT2D eigenvalue weighted by Gasteiger charge is -2.09. The summed E-state index contributed by atoms with van der Waals surface area (Å²) in [6.07, 6.45) is 5.71. The summed E-state index contributed by atoms with van der Waals surface area (Å²) in [5, 5.41) is 2.58. The number of nitrogens with one attached hydrogen (secondary N) is 1. The average Bonchev–Trinajstić information content (AvgIpc) is 3.08. The third-order valence-corrected chi connectivity index (χ3v) is 4.66. The van der Waals surface area contributed by atoms with E-state index in [0.29, 0.717) is 11.4 Å². The number of hydrogen-bond acceptors (Lipinski definition) is 4. The van der Waals surface area contributed by atoms with Crippen LogP contribution in [0, 0.1) is 5.82 Å². The number of rotatable bonds is 4. The fourth-order valence-corrected chi connectivity index (χ4v) is 2.88. The summed E-state index contributed by atoms with van der Waals surface area (Å²) in [6, 6.07) is 9.82. The summed E-state index contributed by atoms with van der Waals surface area (Å²) >= 11 is 0. The smallest absolute Gasteiger partial charge is 0.255 e. The van der Waals surface area contributed by atoms with E-state index >= 15 is 0 Å². The molecule has 3 rings (SSSR count). The molecule has 0 spiro atoms. The van der Waals surface area contributed by atoms with E-state index < -0.39 is 21.6 Å². The molecule has 0 bridgehead atoms. The number of sulfone groups is 1. The Morgan fingerprint density at radius 3 is 2.44 bits per heavy atom. The molecule has 0 atom stereocenters. The lowest BCUT2D eigenvalue weighted by molar-refractivity contribution is 0.102. The third kappa shape index (κ3) is 3.74. The fraction of sp³-hybridized carbons (Fsp3) is 0.0588. The average molecular weight is 359 g/mol. The summed E-state index contributed by atoms with van der Waals surface area (Å²) in [4.78, 5) is 16.2. The molecule has 1 heterocycles. The number of nitrogens with zero attached hydrogens (tertiary/aromatic N) is 2. The SMILES string of the molecule is CS(=O)(=O)c1ccc(C(=O)Nc2ccc(-n3ccnc3)c(F)c2)cc1. The molecule has 25 heavy (non-hydrogen) atoms. The summed E-state index contributed by atoms with van der Waals surface area (Å²) in [7, 11) is -3.32. The molecular formula is C17H14FN3O3S. The van der Waals surface area contributed by atoms with E-state index in [-0.39, 0.29) is 10.5 Å². The highest BCUT2D eigenvalue weighted by Gasteiger charge is 2.11. The highest BCUT2D eigenvalue weighted by Crippen LogP contribution is 2.19. The predicted octanol–water partition coefficient (Wildman–Crippen LogP) is 2.67. The van der Waals surface area contributed by atoms with Crippen molar-refractivity contribution in [1.29, 1.82) is 0 Å². The normalized spacial score (nSPS) is 11.3. The van der Waals surface area contributed by atoms with Gasteiger partial charge in [0.25, 0.3) is 5.91 Å². The first-order chi connectivity index (χ1) is 11.8. The maximum Gasteiger partial charge on any atom is 0.255 e. The molecule has 1 aromatic heterocycles. The van der Waals surface area contributed by atoms with E-state index in [9.17, 15) is 17.6 Å². The largest absolute Gasteiger partial charge is 0.322 e. The Morgan fingerprint density at radius 2 is 1.88 bits per heavy atom. The van der Waals surface area contributed by atoms with Crippen LogP contribution in [0.2, 0.25) is 0 Å². The molecule has 128 valence electrons. The standard InChI is InChI=1S/C17H14FN3O3S/c1-25(23,24)14-5-2-12(3-6-14)17(22)20-13-4-7-16(15(18)10-13)21-9-8-19-11-21/h2-11H,1H3,(H,20,22). The topological polar surface area (TPSA) is 81.1 Å². The van der Waals surface area contributed by atoms with Crippen molar-refractivity contribution in [2.24, 2.45) is 0 Å². The minimum absolute atomic E-state index is 0.125. The van der Waals surface area contributed by atoms with Crippen LogP contribution in [-0.2, 0) is 9.84 Å². The van der Waals surface area contributed by atoms with E-state index in [1.54, 1.807) is 12.3 Å². The van der Waals surface area contributed by atoms with Crippen molar-refractivity contribution < 1.29 is 17.6 Å². The van der Waals surface area contributed by atoms with Gasteiger partial charge in [0, 0.05) is 29.9 Å². The van der Waals surface area contributed by atoms with Gasteiger partial charge in [-0.25, -0.2) is 17.8 Å². The number of benzene rings is 2. The number of anilines is 1. The molecule has 0 saturated heterocycles. The highest BCUT2D eigenvalue weighted by atomic mass is 32.2. The van der Waals surface area contributed by atoms with E-state index in [0.717, 1.165) is 6.26 Å². The van der Waals surface area contributed by atoms with E-state index in [4.69, 9.17) is 0 Å². The highest BCUT2D eigenvalue weighted by molar-refractivity contribution is 7.90. The first-order valence-electron chi connectivity index (χ1n) is 7.24. The number of hydrogen-bond donors (Lipinski definition) is 1. The van der Waals surface area contributed by atoms with Crippen LogP contribution in [0.15, 0.2) is 66.1 Å². The van der Waals surface area contributed by atoms with Crippen molar-refractivity contribution in [3.8, 4) is 5.69 Å². The summed E-state index contributed by atoms with van der Waals surface area (Å²) < 4.78 is 38.5. The van der Waals surface area contributed by atoms with Crippen LogP contribution < -0.4 is 5.32 Å². The van der Waals surface area contributed by atoms with Gasteiger partial charge >= 0.3 is 0 Å². The van der Waals surface area contributed by atoms with Crippen LogP contribution in [0.3, 0.4) is 0 Å². The van der Waals surface area contributed by atoms with Crippen molar-refractivity contribution in [2.75, 3.05) is 11.6 Å². The van der Waals surface area contributed by atoms with Gasteiger partial charge in [-0.15, -0.1) is 0 Å². The van der Waals surface area contributed by atoms with Crippen LogP contribution in [0.4, 0.5) is 10.1 Å². The van der Waals surface area contributed by atoms with Crippen molar-refractivity contribution in [2.45, 2.75) is 4.90 Å². The van der Waals surface area contributed by atoms with Gasteiger partial charge in [-0.1, -0.05) is 0 Å². The number of imidazole rings is 1. The third-order valence-electron chi connectivity index (χ3n) is 3.53. The Kier molecular flexibility index (Phi) is 4.37. The molecule has 1 N–H and O–H groups in total. The molecule has 0 aliphatic rings. The molecule has 0 unspecified atom stereocenters. The van der Waals surface area contributed by atoms with Gasteiger partial charge in [0.2, 0.25) is 0 Å². The molecule has 2 aromatic carbocycles. The molecular weight excluding hydrogens is 345 g/mol. The van der Waals surface area contributed by atoms with E-state index in [2.05, 4.69) is 10.3 Å². The number of carbonyl (C=O) groups is 1. The maximum atomic E-state index is 14.2. The Morgan fingerprint density at radius 1 is 1.16 bits per heavy atom. The molecule has 0 aliphatic carbocycles. The number of carbonyl (C=O) groups excluding carboxylic acids is 1. The van der Waals surface area contributed by atoms with E-state index in [1.165, 1.54) is 53.5 Å². The first-order valence-corrected chi connectivity index (χ1v) is 9.13. The Bertz CT molecular complexity index is 1010. The summed E-state index contributed by atoms with van der Waals surface area (Å²) in [5.74, 6) is -0.974. The molecule has 0 fully saturated rings. The summed E-state index contributed by atoms with van der Waals surface area (Å²) in [5.41, 5.74) is 0.873. The van der Waals surface area contributed by atoms with Gasteiger partial charge in [-0.05, 0) is 42.5 Å². The van der Waals surface area contributed by atoms with Crippen LogP contribution in [-0.4, -0.2) is 30.1 Å². The second kappa shape index (κ2) is 6.48. The second-order valence-electron chi connectivity index (χ2n) is 5.39. The molecule has 0 aliphatic heterocycles. The van der Waals surface area contributed by atoms with Crippen LogP contribution in [0.25, 0.3) is 5.69 Å². The summed E-state index contributed by atoms with van der Waals surface area (Å²) in [6.45, 7) is 0. The van der Waals surface area contributed by atoms with E-state index in [1.807, 2.05) is 0 Å². The Hall–Kier alpha value is -3.00. The maximum absolute atomic E-state index is 14.2. The molecule has 3 aromatic rings. The molecule has 0 radical (unpaired) electrons. The number of amides is 1. The van der Waals surface area contributed by atoms with Gasteiger partial charge in [-0.3, -0.25) is 4.79 Å². The van der Waals surface area contributed by atoms with Gasteiger partial charge < -0.3 is 9.88 Å². The Balaban J connectivity index is 1.78. The lowest BCUT2D eigenvalue weighted by atomic mass is 10.2. The zero-order chi connectivity index (χ0) is 18.0. The molecule has 6 nitrogen and oxygen atoms in total. The zero-order valence-electron chi connectivity index (χ0n) is 13.2. The monoisotopic (exact) mass is 359 g/mol. The number of halogens is 1. The van der Waals surface area contributed by atoms with Crippen molar-refractivity contribution >= 4 is 21.4 Å². The van der Waals surface area contributed by atoms with Gasteiger partial charge in [0.15, 0.2) is 9.84 Å². The van der Waals surface area contributed by atoms with Gasteiger partial charge in [-0.2, -0.15) is 0 Å². The zero-order valence-corrected chi connectivity index (χ0v) is 14.0. The van der Waals surface area contributed by atoms with Gasteiger partial charge in [0.05, 0.1) is 16.9 Å². The van der Waals surface area contributed by atoms with Gasteiger partial charge in [0.1, 0.15) is 5.82 Å². The minimum atomic E-state index is -3.32.